The molecular weight excluding hydrogens is 518 g/mol. The van der Waals surface area contributed by atoms with Gasteiger partial charge in [-0.1, -0.05) is 100 Å². The van der Waals surface area contributed by atoms with Crippen molar-refractivity contribution in [2.24, 2.45) is 11.8 Å². The number of hydrogen-bond donors (Lipinski definition) is 3. The molecule has 0 saturated carbocycles. The minimum Gasteiger partial charge on any atom is -0.445 e. The fraction of sp³-hybridized carbons (Fsp3) is 0.394. The monoisotopic (exact) mass is 559 g/mol. The predicted molar refractivity (Wildman–Crippen MR) is 160 cm³/mol. The topological polar surface area (TPSA) is 114 Å². The number of benzene rings is 3. The Labute approximate surface area is 242 Å². The van der Waals surface area contributed by atoms with E-state index in [0.29, 0.717) is 12.8 Å². The lowest BCUT2D eigenvalue weighted by atomic mass is 9.99. The van der Waals surface area contributed by atoms with E-state index in [9.17, 15) is 19.2 Å². The van der Waals surface area contributed by atoms with E-state index in [-0.39, 0.29) is 24.9 Å². The van der Waals surface area contributed by atoms with E-state index in [1.165, 1.54) is 0 Å². The third kappa shape index (κ3) is 10.4. The summed E-state index contributed by atoms with van der Waals surface area (Å²) < 4.78 is 5.39. The number of fused-ring (bicyclic) bond motifs is 1. The minimum atomic E-state index is -1.00. The van der Waals surface area contributed by atoms with Crippen molar-refractivity contribution >= 4 is 35.0 Å². The quantitative estimate of drug-likeness (QED) is 0.242. The summed E-state index contributed by atoms with van der Waals surface area (Å²) in [5.74, 6) is -0.641. The first kappa shape index (κ1) is 31.3. The van der Waals surface area contributed by atoms with Gasteiger partial charge in [0.1, 0.15) is 25.0 Å². The van der Waals surface area contributed by atoms with Crippen LogP contribution in [0.15, 0.2) is 72.8 Å². The number of hydrogen-bond acceptors (Lipinski definition) is 5. The number of carbonyl (C=O) groups excluding carboxylic acids is 4. The van der Waals surface area contributed by atoms with E-state index in [2.05, 4.69) is 16.0 Å². The number of ether oxygens (including phenoxy) is 1. The van der Waals surface area contributed by atoms with Gasteiger partial charge in [0.05, 0.1) is 6.04 Å². The molecule has 0 spiro atoms. The molecule has 3 aromatic carbocycles. The highest BCUT2D eigenvalue weighted by molar-refractivity contribution is 5.92. The molecule has 3 unspecified atom stereocenters. The number of amides is 3. The molecule has 0 fully saturated rings. The summed E-state index contributed by atoms with van der Waals surface area (Å²) >= 11 is 0. The SMILES string of the molecule is CC(C)CC(C=O)NC(=O)C(CC(C)C)NC(=O)C(Cc1ccc2ccccc2c1)NC(=O)OCc1ccccc1. The maximum absolute atomic E-state index is 13.6. The van der Waals surface area contributed by atoms with Gasteiger partial charge in [-0.15, -0.1) is 0 Å². The summed E-state index contributed by atoms with van der Waals surface area (Å²) in [4.78, 5) is 51.2. The summed E-state index contributed by atoms with van der Waals surface area (Å²) in [6.45, 7) is 7.89. The lowest BCUT2D eigenvalue weighted by molar-refractivity contribution is -0.131. The first-order chi connectivity index (χ1) is 19.6. The molecule has 41 heavy (non-hydrogen) atoms. The van der Waals surface area contributed by atoms with E-state index < -0.39 is 36.0 Å². The molecule has 0 aliphatic heterocycles. The molecule has 0 saturated heterocycles. The highest BCUT2D eigenvalue weighted by atomic mass is 16.5. The summed E-state index contributed by atoms with van der Waals surface area (Å²) in [6, 6.07) is 20.5. The van der Waals surface area contributed by atoms with Crippen LogP contribution in [0, 0.1) is 11.8 Å². The smallest absolute Gasteiger partial charge is 0.408 e. The molecule has 0 aliphatic carbocycles. The van der Waals surface area contributed by atoms with Crippen molar-refractivity contribution in [3.8, 4) is 0 Å². The van der Waals surface area contributed by atoms with Crippen molar-refractivity contribution in [1.29, 1.82) is 0 Å². The van der Waals surface area contributed by atoms with Gasteiger partial charge in [-0.3, -0.25) is 9.59 Å². The Morgan fingerprint density at radius 1 is 0.707 bits per heavy atom. The molecule has 218 valence electrons. The lowest BCUT2D eigenvalue weighted by Crippen LogP contribution is -2.56. The average molecular weight is 560 g/mol. The number of carbonyl (C=O) groups is 4. The van der Waals surface area contributed by atoms with Gasteiger partial charge >= 0.3 is 6.09 Å². The van der Waals surface area contributed by atoms with Crippen LogP contribution >= 0.6 is 0 Å². The molecule has 8 heteroatoms. The number of aldehydes is 1. The maximum atomic E-state index is 13.6. The molecule has 0 aromatic heterocycles. The molecule has 0 aliphatic rings. The van der Waals surface area contributed by atoms with Gasteiger partial charge in [-0.05, 0) is 46.6 Å². The van der Waals surface area contributed by atoms with Crippen LogP contribution < -0.4 is 16.0 Å². The Bertz CT molecular complexity index is 1310. The lowest BCUT2D eigenvalue weighted by Gasteiger charge is -2.25. The second-order valence-electron chi connectivity index (χ2n) is 11.2. The van der Waals surface area contributed by atoms with Gasteiger partial charge in [0.2, 0.25) is 11.8 Å². The standard InChI is InChI=1S/C33H41N3O5/c1-22(2)16-28(20-37)34-31(38)29(17-23(3)4)35-32(39)30(36-33(40)41-21-24-10-6-5-7-11-24)19-25-14-15-26-12-8-9-13-27(26)18-25/h5-15,18,20,22-23,28-30H,16-17,19,21H2,1-4H3,(H,34,38)(H,35,39)(H,36,40). The van der Waals surface area contributed by atoms with Gasteiger partial charge in [0, 0.05) is 6.42 Å². The van der Waals surface area contributed by atoms with Crippen LogP contribution in [0.3, 0.4) is 0 Å². The zero-order valence-electron chi connectivity index (χ0n) is 24.3. The highest BCUT2D eigenvalue weighted by Gasteiger charge is 2.29. The molecule has 3 aromatic rings. The maximum Gasteiger partial charge on any atom is 0.408 e. The molecule has 8 nitrogen and oxygen atoms in total. The van der Waals surface area contributed by atoms with Crippen LogP contribution in [0.5, 0.6) is 0 Å². The first-order valence-corrected chi connectivity index (χ1v) is 14.2. The van der Waals surface area contributed by atoms with E-state index >= 15 is 0 Å². The van der Waals surface area contributed by atoms with Crippen molar-refractivity contribution in [2.75, 3.05) is 0 Å². The first-order valence-electron chi connectivity index (χ1n) is 14.2. The number of nitrogens with one attached hydrogen (secondary N) is 3. The van der Waals surface area contributed by atoms with E-state index in [1.807, 2.05) is 100 Å². The van der Waals surface area contributed by atoms with Gasteiger partial charge in [-0.25, -0.2) is 4.79 Å². The van der Waals surface area contributed by atoms with Crippen LogP contribution in [0.4, 0.5) is 4.79 Å². The van der Waals surface area contributed by atoms with Gasteiger partial charge in [-0.2, -0.15) is 0 Å². The number of alkyl carbamates (subject to hydrolysis) is 1. The summed E-state index contributed by atoms with van der Waals surface area (Å²) in [5.41, 5.74) is 1.66. The largest absolute Gasteiger partial charge is 0.445 e. The third-order valence-corrected chi connectivity index (χ3v) is 6.63. The van der Waals surface area contributed by atoms with Gasteiger partial charge in [0.15, 0.2) is 0 Å². The van der Waals surface area contributed by atoms with Crippen LogP contribution in [0.1, 0.15) is 51.7 Å². The van der Waals surface area contributed by atoms with Crippen molar-refractivity contribution in [3.63, 3.8) is 0 Å². The average Bonchev–Trinajstić information content (AvgIpc) is 2.95. The predicted octanol–water partition coefficient (Wildman–Crippen LogP) is 4.94. The molecule has 3 rings (SSSR count). The van der Waals surface area contributed by atoms with Crippen LogP contribution in [0.25, 0.3) is 10.8 Å². The highest BCUT2D eigenvalue weighted by Crippen LogP contribution is 2.17. The van der Waals surface area contributed by atoms with Crippen molar-refractivity contribution < 1.29 is 23.9 Å². The molecule has 3 amide bonds. The second-order valence-corrected chi connectivity index (χ2v) is 11.2. The van der Waals surface area contributed by atoms with Crippen molar-refractivity contribution in [3.05, 3.63) is 83.9 Å². The van der Waals surface area contributed by atoms with Gasteiger partial charge in [0.25, 0.3) is 0 Å². The fourth-order valence-corrected chi connectivity index (χ4v) is 4.63. The summed E-state index contributed by atoms with van der Waals surface area (Å²) in [6.07, 6.45) is 1.04. The molecule has 0 radical (unpaired) electrons. The summed E-state index contributed by atoms with van der Waals surface area (Å²) in [7, 11) is 0. The zero-order valence-corrected chi connectivity index (χ0v) is 24.3. The fourth-order valence-electron chi connectivity index (χ4n) is 4.63. The van der Waals surface area contributed by atoms with E-state index in [4.69, 9.17) is 4.74 Å². The van der Waals surface area contributed by atoms with E-state index in [0.717, 1.165) is 28.2 Å². The Kier molecular flexibility index (Phi) is 11.9. The molecule has 3 atom stereocenters. The van der Waals surface area contributed by atoms with Crippen molar-refractivity contribution in [1.82, 2.24) is 16.0 Å². The zero-order chi connectivity index (χ0) is 29.8. The van der Waals surface area contributed by atoms with Crippen LogP contribution in [-0.2, 0) is 32.1 Å². The Morgan fingerprint density at radius 3 is 2.00 bits per heavy atom. The summed E-state index contributed by atoms with van der Waals surface area (Å²) in [5, 5.41) is 10.4. The molecular formula is C33H41N3O5. The van der Waals surface area contributed by atoms with Crippen molar-refractivity contribution in [2.45, 2.75) is 71.7 Å². The normalized spacial score (nSPS) is 13.3. The third-order valence-electron chi connectivity index (χ3n) is 6.63. The Hall–Kier alpha value is -4.20. The van der Waals surface area contributed by atoms with Crippen LogP contribution in [-0.4, -0.2) is 42.3 Å². The minimum absolute atomic E-state index is 0.0539. The van der Waals surface area contributed by atoms with E-state index in [1.54, 1.807) is 0 Å². The van der Waals surface area contributed by atoms with Gasteiger partial charge < -0.3 is 25.5 Å². The molecule has 3 N–H and O–H groups in total. The molecule has 0 heterocycles. The Balaban J connectivity index is 1.78. The van der Waals surface area contributed by atoms with Crippen LogP contribution in [0.2, 0.25) is 0 Å². The second kappa shape index (κ2) is 15.6. The Morgan fingerprint density at radius 2 is 1.34 bits per heavy atom. The number of rotatable bonds is 14. The molecule has 0 bridgehead atoms.